The first-order valence-corrected chi connectivity index (χ1v) is 8.25. The first-order chi connectivity index (χ1) is 12.1. The monoisotopic (exact) mass is 340 g/mol. The van der Waals surface area contributed by atoms with Crippen LogP contribution in [0.4, 0.5) is 5.95 Å². The first-order valence-electron chi connectivity index (χ1n) is 8.25. The molecular weight excluding hydrogens is 320 g/mol. The number of aromatic carboxylic acids is 1. The van der Waals surface area contributed by atoms with Crippen LogP contribution in [-0.2, 0) is 11.2 Å². The van der Waals surface area contributed by atoms with Gasteiger partial charge in [0, 0.05) is 31.5 Å². The van der Waals surface area contributed by atoms with Crippen molar-refractivity contribution >= 4 is 17.8 Å². The number of benzene rings is 1. The van der Waals surface area contributed by atoms with Gasteiger partial charge in [0.1, 0.15) is 0 Å². The topological polar surface area (TPSA) is 95.4 Å². The molecule has 2 N–H and O–H groups in total. The molecule has 0 aliphatic carbocycles. The summed E-state index contributed by atoms with van der Waals surface area (Å²) in [4.78, 5) is 33.7. The van der Waals surface area contributed by atoms with Crippen LogP contribution < -0.4 is 10.2 Å². The van der Waals surface area contributed by atoms with Gasteiger partial charge in [0.05, 0.1) is 12.0 Å². The Morgan fingerprint density at radius 1 is 1.20 bits per heavy atom. The van der Waals surface area contributed by atoms with Crippen molar-refractivity contribution < 1.29 is 14.7 Å². The van der Waals surface area contributed by atoms with Crippen LogP contribution in [-0.4, -0.2) is 46.1 Å². The van der Waals surface area contributed by atoms with Crippen LogP contribution in [0.1, 0.15) is 28.8 Å². The Balaban J connectivity index is 1.54. The van der Waals surface area contributed by atoms with Gasteiger partial charge in [-0.1, -0.05) is 12.1 Å². The summed E-state index contributed by atoms with van der Waals surface area (Å²) >= 11 is 0. The van der Waals surface area contributed by atoms with E-state index in [0.29, 0.717) is 12.5 Å². The third kappa shape index (κ3) is 4.53. The highest BCUT2D eigenvalue weighted by Gasteiger charge is 2.22. The summed E-state index contributed by atoms with van der Waals surface area (Å²) in [6.45, 7) is 1.57. The minimum Gasteiger partial charge on any atom is -0.478 e. The summed E-state index contributed by atoms with van der Waals surface area (Å²) in [5.41, 5.74) is 1.01. The molecule has 7 heteroatoms. The SMILES string of the molecule is O=C(Cc1ccc(C(=O)O)cc1)N[C@@H]1CCCN(c2ncccn2)C1. The third-order valence-corrected chi connectivity index (χ3v) is 4.19. The molecule has 0 saturated carbocycles. The zero-order chi connectivity index (χ0) is 17.6. The summed E-state index contributed by atoms with van der Waals surface area (Å²) in [6, 6.07) is 8.22. The third-order valence-electron chi connectivity index (χ3n) is 4.19. The van der Waals surface area contributed by atoms with Crippen molar-refractivity contribution in [2.45, 2.75) is 25.3 Å². The lowest BCUT2D eigenvalue weighted by Crippen LogP contribution is -2.48. The molecule has 1 aromatic heterocycles. The van der Waals surface area contributed by atoms with Crippen molar-refractivity contribution in [3.8, 4) is 0 Å². The molecule has 1 amide bonds. The Kier molecular flexibility index (Phi) is 5.23. The van der Waals surface area contributed by atoms with E-state index in [-0.39, 0.29) is 23.9 Å². The number of amides is 1. The normalized spacial score (nSPS) is 17.1. The molecule has 7 nitrogen and oxygen atoms in total. The number of carbonyl (C=O) groups is 2. The second kappa shape index (κ2) is 7.74. The fourth-order valence-corrected chi connectivity index (χ4v) is 2.96. The highest BCUT2D eigenvalue weighted by atomic mass is 16.4. The molecule has 1 fully saturated rings. The molecule has 0 unspecified atom stereocenters. The Morgan fingerprint density at radius 2 is 1.92 bits per heavy atom. The molecule has 2 heterocycles. The number of carboxylic acids is 1. The maximum absolute atomic E-state index is 12.3. The molecule has 1 aromatic carbocycles. The molecule has 3 rings (SSSR count). The number of carbonyl (C=O) groups excluding carboxylic acids is 1. The smallest absolute Gasteiger partial charge is 0.335 e. The number of piperidine rings is 1. The van der Waals surface area contributed by atoms with Gasteiger partial charge in [0.2, 0.25) is 11.9 Å². The Labute approximate surface area is 145 Å². The molecule has 1 aliphatic heterocycles. The number of anilines is 1. The molecule has 25 heavy (non-hydrogen) atoms. The number of nitrogens with zero attached hydrogens (tertiary/aromatic N) is 3. The highest BCUT2D eigenvalue weighted by Crippen LogP contribution is 2.15. The molecule has 1 aliphatic rings. The largest absolute Gasteiger partial charge is 0.478 e. The molecule has 0 bridgehead atoms. The molecule has 0 spiro atoms. The van der Waals surface area contributed by atoms with Crippen molar-refractivity contribution in [2.24, 2.45) is 0 Å². The fraction of sp³-hybridized carbons (Fsp3) is 0.333. The first kappa shape index (κ1) is 16.9. The van der Waals surface area contributed by atoms with E-state index in [1.807, 2.05) is 0 Å². The second-order valence-electron chi connectivity index (χ2n) is 6.08. The van der Waals surface area contributed by atoms with Crippen LogP contribution in [0.25, 0.3) is 0 Å². The van der Waals surface area contributed by atoms with Gasteiger partial charge in [-0.3, -0.25) is 4.79 Å². The Hall–Kier alpha value is -2.96. The maximum Gasteiger partial charge on any atom is 0.335 e. The summed E-state index contributed by atoms with van der Waals surface area (Å²) < 4.78 is 0. The zero-order valence-electron chi connectivity index (χ0n) is 13.8. The van der Waals surface area contributed by atoms with E-state index in [2.05, 4.69) is 20.2 Å². The number of hydrogen-bond donors (Lipinski definition) is 2. The standard InChI is InChI=1S/C18H20N4O3/c23-16(11-13-4-6-14(7-5-13)17(24)25)21-15-3-1-10-22(12-15)18-19-8-2-9-20-18/h2,4-9,15H,1,3,10-12H2,(H,21,23)(H,24,25)/t15-/m1/s1. The number of hydrogen-bond acceptors (Lipinski definition) is 5. The van der Waals surface area contributed by atoms with E-state index in [9.17, 15) is 9.59 Å². The lowest BCUT2D eigenvalue weighted by atomic mass is 10.0. The lowest BCUT2D eigenvalue weighted by molar-refractivity contribution is -0.121. The molecule has 2 aromatic rings. The van der Waals surface area contributed by atoms with Gasteiger partial charge in [-0.2, -0.15) is 0 Å². The second-order valence-corrected chi connectivity index (χ2v) is 6.08. The quantitative estimate of drug-likeness (QED) is 0.856. The van der Waals surface area contributed by atoms with E-state index in [1.165, 1.54) is 12.1 Å². The molecule has 1 saturated heterocycles. The van der Waals surface area contributed by atoms with Crippen LogP contribution >= 0.6 is 0 Å². The molecule has 1 atom stereocenters. The van der Waals surface area contributed by atoms with Crippen LogP contribution in [0.2, 0.25) is 0 Å². The van der Waals surface area contributed by atoms with Gasteiger partial charge in [0.25, 0.3) is 0 Å². The van der Waals surface area contributed by atoms with Crippen LogP contribution in [0.15, 0.2) is 42.7 Å². The van der Waals surface area contributed by atoms with Crippen molar-refractivity contribution in [2.75, 3.05) is 18.0 Å². The van der Waals surface area contributed by atoms with Crippen LogP contribution in [0.3, 0.4) is 0 Å². The fourth-order valence-electron chi connectivity index (χ4n) is 2.96. The highest BCUT2D eigenvalue weighted by molar-refractivity contribution is 5.87. The maximum atomic E-state index is 12.3. The minimum atomic E-state index is -0.971. The van der Waals surface area contributed by atoms with Crippen LogP contribution in [0.5, 0.6) is 0 Å². The molecular formula is C18H20N4O3. The van der Waals surface area contributed by atoms with Gasteiger partial charge in [-0.15, -0.1) is 0 Å². The number of nitrogens with one attached hydrogen (secondary N) is 1. The number of rotatable bonds is 5. The number of aromatic nitrogens is 2. The van der Waals surface area contributed by atoms with Gasteiger partial charge in [0.15, 0.2) is 0 Å². The van der Waals surface area contributed by atoms with Crippen molar-refractivity contribution in [1.29, 1.82) is 0 Å². The Bertz CT molecular complexity index is 734. The summed E-state index contributed by atoms with van der Waals surface area (Å²) in [5, 5.41) is 12.0. The zero-order valence-corrected chi connectivity index (χ0v) is 13.8. The number of carboxylic acid groups (broad SMARTS) is 1. The van der Waals surface area contributed by atoms with Gasteiger partial charge in [-0.05, 0) is 36.6 Å². The molecule has 130 valence electrons. The average molecular weight is 340 g/mol. The van der Waals surface area contributed by atoms with Crippen molar-refractivity contribution in [1.82, 2.24) is 15.3 Å². The van der Waals surface area contributed by atoms with E-state index in [0.717, 1.165) is 24.9 Å². The molecule has 0 radical (unpaired) electrons. The van der Waals surface area contributed by atoms with Gasteiger partial charge < -0.3 is 15.3 Å². The Morgan fingerprint density at radius 3 is 2.60 bits per heavy atom. The summed E-state index contributed by atoms with van der Waals surface area (Å²) in [6.07, 6.45) is 5.55. The van der Waals surface area contributed by atoms with E-state index >= 15 is 0 Å². The lowest BCUT2D eigenvalue weighted by Gasteiger charge is -2.33. The van der Waals surface area contributed by atoms with Crippen molar-refractivity contribution in [3.63, 3.8) is 0 Å². The predicted octanol–water partition coefficient (Wildman–Crippen LogP) is 1.50. The summed E-state index contributed by atoms with van der Waals surface area (Å²) in [7, 11) is 0. The van der Waals surface area contributed by atoms with Gasteiger partial charge >= 0.3 is 5.97 Å². The minimum absolute atomic E-state index is 0.0587. The van der Waals surface area contributed by atoms with E-state index in [4.69, 9.17) is 5.11 Å². The average Bonchev–Trinajstić information content (AvgIpc) is 2.63. The summed E-state index contributed by atoms with van der Waals surface area (Å²) in [5.74, 6) is -0.351. The van der Waals surface area contributed by atoms with Crippen LogP contribution in [0, 0.1) is 0 Å². The predicted molar refractivity (Wildman–Crippen MR) is 92.5 cm³/mol. The van der Waals surface area contributed by atoms with Gasteiger partial charge in [-0.25, -0.2) is 14.8 Å². The van der Waals surface area contributed by atoms with Crippen molar-refractivity contribution in [3.05, 3.63) is 53.9 Å². The van der Waals surface area contributed by atoms with E-state index < -0.39 is 5.97 Å². The van der Waals surface area contributed by atoms with E-state index in [1.54, 1.807) is 30.6 Å².